The molecule has 0 bridgehead atoms. The van der Waals surface area contributed by atoms with E-state index in [0.29, 0.717) is 30.4 Å². The second-order valence-electron chi connectivity index (χ2n) is 10.2. The lowest BCUT2D eigenvalue weighted by Crippen LogP contribution is -2.48. The molecule has 210 valence electrons. The number of nitrogens with two attached hydrogens (primary N) is 1. The summed E-state index contributed by atoms with van der Waals surface area (Å²) < 4.78 is 5.82. The van der Waals surface area contributed by atoms with Crippen molar-refractivity contribution in [1.82, 2.24) is 14.8 Å². The molecule has 3 aromatic rings. The zero-order valence-electron chi connectivity index (χ0n) is 23.5. The summed E-state index contributed by atoms with van der Waals surface area (Å²) in [5, 5.41) is 2.92. The van der Waals surface area contributed by atoms with E-state index in [4.69, 9.17) is 15.5 Å². The van der Waals surface area contributed by atoms with Gasteiger partial charge in [-0.3, -0.25) is 9.79 Å². The molecule has 0 spiro atoms. The second-order valence-corrected chi connectivity index (χ2v) is 11.1. The van der Waals surface area contributed by atoms with Gasteiger partial charge in [0.1, 0.15) is 17.3 Å². The third-order valence-corrected chi connectivity index (χ3v) is 8.05. The lowest BCUT2D eigenvalue weighted by Gasteiger charge is -2.32. The molecule has 5 rings (SSSR count). The molecule has 2 aliphatic rings. The number of rotatable bonds is 9. The monoisotopic (exact) mass is 559 g/mol. The fourth-order valence-electron chi connectivity index (χ4n) is 4.79. The van der Waals surface area contributed by atoms with Gasteiger partial charge in [-0.05, 0) is 55.3 Å². The number of amides is 1. The zero-order valence-corrected chi connectivity index (χ0v) is 24.3. The van der Waals surface area contributed by atoms with Crippen LogP contribution >= 0.6 is 11.3 Å². The summed E-state index contributed by atoms with van der Waals surface area (Å²) in [6.45, 7) is 9.14. The van der Waals surface area contributed by atoms with Gasteiger partial charge in [0.05, 0.1) is 0 Å². The van der Waals surface area contributed by atoms with Gasteiger partial charge < -0.3 is 25.2 Å². The number of piperazine rings is 1. The van der Waals surface area contributed by atoms with Crippen LogP contribution in [0.3, 0.4) is 0 Å². The molecule has 2 N–H and O–H groups in total. The highest BCUT2D eigenvalue weighted by atomic mass is 32.1. The SMILES string of the molecule is CCCN(c1nc(C2=NCCC(N)=N2)cs1)c1cc(-c2ccc(OCC(=O)N3CCN(C)CC3)cc2)ccc1C. The molecule has 0 saturated carbocycles. The molecule has 0 aliphatic carbocycles. The van der Waals surface area contributed by atoms with Gasteiger partial charge in [0, 0.05) is 56.8 Å². The minimum atomic E-state index is 0.0348. The number of aromatic nitrogens is 1. The molecule has 1 amide bonds. The number of carbonyl (C=O) groups excluding carboxylic acids is 1. The summed E-state index contributed by atoms with van der Waals surface area (Å²) in [6.07, 6.45) is 1.67. The van der Waals surface area contributed by atoms with E-state index in [2.05, 4.69) is 58.9 Å². The van der Waals surface area contributed by atoms with Crippen molar-refractivity contribution in [2.75, 3.05) is 57.8 Å². The van der Waals surface area contributed by atoms with E-state index in [1.165, 1.54) is 5.56 Å². The van der Waals surface area contributed by atoms with Crippen LogP contribution in [0, 0.1) is 6.92 Å². The number of hydrogen-bond acceptors (Lipinski definition) is 9. The van der Waals surface area contributed by atoms with E-state index in [9.17, 15) is 4.79 Å². The van der Waals surface area contributed by atoms with Gasteiger partial charge in [-0.2, -0.15) is 0 Å². The first-order valence-corrected chi connectivity index (χ1v) is 14.7. The van der Waals surface area contributed by atoms with Gasteiger partial charge in [-0.25, -0.2) is 9.98 Å². The first-order chi connectivity index (χ1) is 19.4. The van der Waals surface area contributed by atoms with E-state index < -0.39 is 0 Å². The summed E-state index contributed by atoms with van der Waals surface area (Å²) >= 11 is 1.59. The van der Waals surface area contributed by atoms with Crippen molar-refractivity contribution in [2.24, 2.45) is 15.7 Å². The Kier molecular flexibility index (Phi) is 8.76. The van der Waals surface area contributed by atoms with Crippen molar-refractivity contribution in [3.63, 3.8) is 0 Å². The summed E-state index contributed by atoms with van der Waals surface area (Å²) in [7, 11) is 2.08. The Bertz CT molecular complexity index is 1390. The third kappa shape index (κ3) is 6.51. The van der Waals surface area contributed by atoms with Crippen LogP contribution < -0.4 is 15.4 Å². The fourth-order valence-corrected chi connectivity index (χ4v) is 5.63. The predicted octanol–water partition coefficient (Wildman–Crippen LogP) is 4.33. The molecular formula is C30H37N7O2S. The maximum Gasteiger partial charge on any atom is 0.260 e. The number of anilines is 2. The number of benzene rings is 2. The van der Waals surface area contributed by atoms with Crippen LogP contribution in [0.1, 0.15) is 31.0 Å². The molecule has 9 nitrogen and oxygen atoms in total. The highest BCUT2D eigenvalue weighted by Gasteiger charge is 2.20. The quantitative estimate of drug-likeness (QED) is 0.419. The maximum atomic E-state index is 12.5. The number of hydrogen-bond donors (Lipinski definition) is 1. The van der Waals surface area contributed by atoms with Crippen molar-refractivity contribution < 1.29 is 9.53 Å². The zero-order chi connectivity index (χ0) is 28.1. The largest absolute Gasteiger partial charge is 0.484 e. The van der Waals surface area contributed by atoms with Crippen molar-refractivity contribution in [3.05, 3.63) is 59.1 Å². The number of aliphatic imine (C=N–C) groups is 2. The van der Waals surface area contributed by atoms with Gasteiger partial charge >= 0.3 is 0 Å². The molecule has 1 saturated heterocycles. The number of nitrogens with zero attached hydrogens (tertiary/aromatic N) is 6. The third-order valence-electron chi connectivity index (χ3n) is 7.18. The summed E-state index contributed by atoms with van der Waals surface area (Å²) in [5.41, 5.74) is 11.2. The Hall–Kier alpha value is -3.76. The molecule has 0 unspecified atom stereocenters. The smallest absolute Gasteiger partial charge is 0.260 e. The molecule has 3 heterocycles. The minimum Gasteiger partial charge on any atom is -0.484 e. The Morgan fingerprint density at radius 1 is 1.10 bits per heavy atom. The predicted molar refractivity (Wildman–Crippen MR) is 163 cm³/mol. The molecule has 1 fully saturated rings. The Balaban J connectivity index is 1.30. The van der Waals surface area contributed by atoms with Gasteiger partial charge in [-0.15, -0.1) is 11.3 Å². The number of aryl methyl sites for hydroxylation is 1. The fraction of sp³-hybridized carbons (Fsp3) is 0.400. The second kappa shape index (κ2) is 12.6. The summed E-state index contributed by atoms with van der Waals surface area (Å²) in [5.74, 6) is 1.94. The molecule has 2 aliphatic heterocycles. The topological polar surface area (TPSA) is 99.7 Å². The van der Waals surface area contributed by atoms with E-state index >= 15 is 0 Å². The van der Waals surface area contributed by atoms with E-state index in [0.717, 1.165) is 66.8 Å². The standard InChI is InChI=1S/C30H37N7O2S/c1-4-13-37(30-33-25(20-40-30)29-32-12-11-27(31)34-29)26-18-23(6-5-21(26)2)22-7-9-24(10-8-22)39-19-28(38)36-16-14-35(3)15-17-36/h5-10,18,20H,4,11-17,19H2,1-3H3,(H2,31,32,34). The first-order valence-electron chi connectivity index (χ1n) is 13.8. The van der Waals surface area contributed by atoms with E-state index in [1.807, 2.05) is 34.5 Å². The molecule has 2 aromatic carbocycles. The molecule has 1 aromatic heterocycles. The van der Waals surface area contributed by atoms with Crippen LogP contribution in [-0.4, -0.2) is 85.3 Å². The van der Waals surface area contributed by atoms with Gasteiger partial charge in [-0.1, -0.05) is 31.2 Å². The van der Waals surface area contributed by atoms with Crippen LogP contribution in [-0.2, 0) is 4.79 Å². The Morgan fingerprint density at radius 2 is 1.85 bits per heavy atom. The Labute approximate surface area is 240 Å². The number of thiazole rings is 1. The van der Waals surface area contributed by atoms with Crippen molar-refractivity contribution >= 4 is 39.7 Å². The number of carbonyl (C=O) groups is 1. The van der Waals surface area contributed by atoms with E-state index in [-0.39, 0.29) is 12.5 Å². The van der Waals surface area contributed by atoms with Crippen LogP contribution in [0.4, 0.5) is 10.8 Å². The van der Waals surface area contributed by atoms with E-state index in [1.54, 1.807) is 11.3 Å². The van der Waals surface area contributed by atoms with Gasteiger partial charge in [0.15, 0.2) is 17.6 Å². The molecule has 10 heteroatoms. The number of ether oxygens (including phenoxy) is 1. The van der Waals surface area contributed by atoms with Gasteiger partial charge in [0.25, 0.3) is 5.91 Å². The molecule has 0 atom stereocenters. The maximum absolute atomic E-state index is 12.5. The van der Waals surface area contributed by atoms with Crippen molar-refractivity contribution in [2.45, 2.75) is 26.7 Å². The average Bonchev–Trinajstić information content (AvgIpc) is 3.46. The average molecular weight is 560 g/mol. The summed E-state index contributed by atoms with van der Waals surface area (Å²) in [4.78, 5) is 32.7. The van der Waals surface area contributed by atoms with Crippen molar-refractivity contribution in [1.29, 1.82) is 0 Å². The lowest BCUT2D eigenvalue weighted by atomic mass is 10.0. The van der Waals surface area contributed by atoms with Crippen LogP contribution in [0.2, 0.25) is 0 Å². The number of likely N-dealkylation sites (N-methyl/N-ethyl adjacent to an activating group) is 1. The Morgan fingerprint density at radius 3 is 2.58 bits per heavy atom. The first kappa shape index (κ1) is 27.8. The minimum absolute atomic E-state index is 0.0348. The molecule has 0 radical (unpaired) electrons. The van der Waals surface area contributed by atoms with Gasteiger partial charge in [0.2, 0.25) is 0 Å². The van der Waals surface area contributed by atoms with Crippen LogP contribution in [0.5, 0.6) is 5.75 Å². The molecule has 40 heavy (non-hydrogen) atoms. The van der Waals surface area contributed by atoms with Crippen molar-refractivity contribution in [3.8, 4) is 16.9 Å². The highest BCUT2D eigenvalue weighted by molar-refractivity contribution is 7.14. The normalized spacial score (nSPS) is 15.9. The van der Waals surface area contributed by atoms with Crippen LogP contribution in [0.15, 0.2) is 57.8 Å². The molecular weight excluding hydrogens is 522 g/mol. The van der Waals surface area contributed by atoms with Crippen LogP contribution in [0.25, 0.3) is 11.1 Å². The summed E-state index contributed by atoms with van der Waals surface area (Å²) in [6, 6.07) is 14.4. The lowest BCUT2D eigenvalue weighted by molar-refractivity contribution is -0.134. The number of amidine groups is 2. The highest BCUT2D eigenvalue weighted by Crippen LogP contribution is 2.35.